The maximum atomic E-state index is 9.56. The number of hydrogen-bond donors (Lipinski definition) is 1. The molecule has 2 atom stereocenters. The van der Waals surface area contributed by atoms with Crippen molar-refractivity contribution in [3.05, 3.63) is 28.8 Å². The monoisotopic (exact) mass is 269 g/mol. The Morgan fingerprint density at radius 1 is 1.56 bits per heavy atom. The van der Waals surface area contributed by atoms with Crippen LogP contribution in [-0.4, -0.2) is 31.9 Å². The Morgan fingerprint density at radius 2 is 2.33 bits per heavy atom. The molecular weight excluding hydrogens is 250 g/mol. The number of halogens is 1. The Hall–Kier alpha value is -0.770. The standard InChI is InChI=1S/C14H20ClNO2/c1-10(17)13-4-3-12(7-14(13)15)16-6-5-11(8-16)9-18-2/h3-4,7,10-11,17H,5-6,8-9H2,1-2H3. The molecule has 1 aliphatic heterocycles. The largest absolute Gasteiger partial charge is 0.389 e. The van der Waals surface area contributed by atoms with Crippen LogP contribution in [0.1, 0.15) is 25.0 Å². The summed E-state index contributed by atoms with van der Waals surface area (Å²) >= 11 is 6.19. The zero-order valence-electron chi connectivity index (χ0n) is 10.9. The highest BCUT2D eigenvalue weighted by Crippen LogP contribution is 2.30. The van der Waals surface area contributed by atoms with Gasteiger partial charge in [0.2, 0.25) is 0 Å². The molecule has 3 nitrogen and oxygen atoms in total. The van der Waals surface area contributed by atoms with Crippen LogP contribution in [0.15, 0.2) is 18.2 Å². The Bertz CT molecular complexity index is 409. The molecule has 0 amide bonds. The minimum atomic E-state index is -0.522. The fraction of sp³-hybridized carbons (Fsp3) is 0.571. The van der Waals surface area contributed by atoms with Crippen LogP contribution in [-0.2, 0) is 4.74 Å². The topological polar surface area (TPSA) is 32.7 Å². The molecule has 0 bridgehead atoms. The SMILES string of the molecule is COCC1CCN(c2ccc(C(C)O)c(Cl)c2)C1. The number of rotatable bonds is 4. The maximum Gasteiger partial charge on any atom is 0.0776 e. The van der Waals surface area contributed by atoms with Crippen molar-refractivity contribution in [1.82, 2.24) is 0 Å². The zero-order valence-corrected chi connectivity index (χ0v) is 11.7. The Labute approximate surface area is 113 Å². The lowest BCUT2D eigenvalue weighted by Crippen LogP contribution is -2.21. The highest BCUT2D eigenvalue weighted by atomic mass is 35.5. The van der Waals surface area contributed by atoms with Crippen LogP contribution in [0.2, 0.25) is 5.02 Å². The molecule has 0 radical (unpaired) electrons. The van der Waals surface area contributed by atoms with Crippen molar-refractivity contribution in [3.8, 4) is 0 Å². The molecule has 2 rings (SSSR count). The van der Waals surface area contributed by atoms with E-state index in [1.807, 2.05) is 18.2 Å². The Morgan fingerprint density at radius 3 is 2.94 bits per heavy atom. The van der Waals surface area contributed by atoms with Gasteiger partial charge in [0.15, 0.2) is 0 Å². The average Bonchev–Trinajstić information content (AvgIpc) is 2.77. The van der Waals surface area contributed by atoms with Gasteiger partial charge in [-0.2, -0.15) is 0 Å². The molecular formula is C14H20ClNO2. The fourth-order valence-corrected chi connectivity index (χ4v) is 2.82. The lowest BCUT2D eigenvalue weighted by Gasteiger charge is -2.20. The minimum absolute atomic E-state index is 0.522. The number of ether oxygens (including phenoxy) is 1. The van der Waals surface area contributed by atoms with E-state index in [2.05, 4.69) is 4.90 Å². The van der Waals surface area contributed by atoms with Crippen LogP contribution < -0.4 is 4.90 Å². The number of aliphatic hydroxyl groups is 1. The predicted molar refractivity (Wildman–Crippen MR) is 74.3 cm³/mol. The van der Waals surface area contributed by atoms with E-state index in [1.54, 1.807) is 14.0 Å². The van der Waals surface area contributed by atoms with E-state index in [0.29, 0.717) is 10.9 Å². The summed E-state index contributed by atoms with van der Waals surface area (Å²) in [5.74, 6) is 0.602. The van der Waals surface area contributed by atoms with Gasteiger partial charge >= 0.3 is 0 Å². The molecule has 4 heteroatoms. The first-order valence-corrected chi connectivity index (χ1v) is 6.71. The second kappa shape index (κ2) is 5.91. The van der Waals surface area contributed by atoms with Gasteiger partial charge in [-0.25, -0.2) is 0 Å². The second-order valence-corrected chi connectivity index (χ2v) is 5.35. The highest BCUT2D eigenvalue weighted by molar-refractivity contribution is 6.31. The third kappa shape index (κ3) is 2.97. The molecule has 1 heterocycles. The van der Waals surface area contributed by atoms with E-state index in [1.165, 1.54) is 0 Å². The van der Waals surface area contributed by atoms with E-state index in [0.717, 1.165) is 37.4 Å². The molecule has 1 aromatic carbocycles. The van der Waals surface area contributed by atoms with Crippen molar-refractivity contribution in [2.24, 2.45) is 5.92 Å². The van der Waals surface area contributed by atoms with Gasteiger partial charge in [-0.3, -0.25) is 0 Å². The minimum Gasteiger partial charge on any atom is -0.389 e. The summed E-state index contributed by atoms with van der Waals surface area (Å²) < 4.78 is 5.20. The van der Waals surface area contributed by atoms with Gasteiger partial charge in [0.05, 0.1) is 12.7 Å². The molecule has 1 aliphatic rings. The highest BCUT2D eigenvalue weighted by Gasteiger charge is 2.23. The molecule has 100 valence electrons. The third-order valence-electron chi connectivity index (χ3n) is 3.49. The summed E-state index contributed by atoms with van der Waals surface area (Å²) in [5.41, 5.74) is 1.91. The van der Waals surface area contributed by atoms with Crippen molar-refractivity contribution < 1.29 is 9.84 Å². The number of aliphatic hydroxyl groups excluding tert-OH is 1. The van der Waals surface area contributed by atoms with Crippen molar-refractivity contribution in [2.45, 2.75) is 19.4 Å². The molecule has 18 heavy (non-hydrogen) atoms. The van der Waals surface area contributed by atoms with E-state index in [-0.39, 0.29) is 0 Å². The van der Waals surface area contributed by atoms with Gasteiger partial charge in [-0.15, -0.1) is 0 Å². The molecule has 0 aromatic heterocycles. The van der Waals surface area contributed by atoms with E-state index >= 15 is 0 Å². The zero-order chi connectivity index (χ0) is 13.1. The molecule has 1 aromatic rings. The maximum absolute atomic E-state index is 9.56. The number of benzene rings is 1. The summed E-state index contributed by atoms with van der Waals surface area (Å²) in [6.45, 7) is 4.60. The number of hydrogen-bond acceptors (Lipinski definition) is 3. The lowest BCUT2D eigenvalue weighted by molar-refractivity contribution is 0.161. The molecule has 1 fully saturated rings. The molecule has 0 saturated carbocycles. The summed E-state index contributed by atoms with van der Waals surface area (Å²) in [4.78, 5) is 2.32. The van der Waals surface area contributed by atoms with E-state index in [4.69, 9.17) is 16.3 Å². The van der Waals surface area contributed by atoms with Gasteiger partial charge < -0.3 is 14.7 Å². The van der Waals surface area contributed by atoms with Crippen molar-refractivity contribution in [3.63, 3.8) is 0 Å². The molecule has 0 aliphatic carbocycles. The van der Waals surface area contributed by atoms with Gasteiger partial charge in [0, 0.05) is 36.8 Å². The quantitative estimate of drug-likeness (QED) is 0.912. The van der Waals surface area contributed by atoms with Crippen LogP contribution in [0.25, 0.3) is 0 Å². The van der Waals surface area contributed by atoms with Gasteiger partial charge in [-0.1, -0.05) is 17.7 Å². The van der Waals surface area contributed by atoms with Crippen molar-refractivity contribution >= 4 is 17.3 Å². The lowest BCUT2D eigenvalue weighted by atomic mass is 10.1. The number of anilines is 1. The van der Waals surface area contributed by atoms with Crippen LogP contribution in [0.3, 0.4) is 0 Å². The molecule has 1 N–H and O–H groups in total. The molecule has 2 unspecified atom stereocenters. The first kappa shape index (κ1) is 13.7. The van der Waals surface area contributed by atoms with Crippen molar-refractivity contribution in [1.29, 1.82) is 0 Å². The normalized spacial score (nSPS) is 21.3. The summed E-state index contributed by atoms with van der Waals surface area (Å²) in [6, 6.07) is 5.88. The predicted octanol–water partition coefficient (Wildman–Crippen LogP) is 2.87. The Kier molecular flexibility index (Phi) is 4.49. The van der Waals surface area contributed by atoms with Crippen LogP contribution in [0.4, 0.5) is 5.69 Å². The third-order valence-corrected chi connectivity index (χ3v) is 3.81. The van der Waals surface area contributed by atoms with Crippen LogP contribution >= 0.6 is 11.6 Å². The van der Waals surface area contributed by atoms with Crippen LogP contribution in [0, 0.1) is 5.92 Å². The van der Waals surface area contributed by atoms with E-state index < -0.39 is 6.10 Å². The fourth-order valence-electron chi connectivity index (χ4n) is 2.49. The number of methoxy groups -OCH3 is 1. The number of nitrogens with zero attached hydrogens (tertiary/aromatic N) is 1. The van der Waals surface area contributed by atoms with E-state index in [9.17, 15) is 5.11 Å². The summed E-state index contributed by atoms with van der Waals surface area (Å²) in [7, 11) is 1.75. The first-order valence-electron chi connectivity index (χ1n) is 6.33. The van der Waals surface area contributed by atoms with Crippen LogP contribution in [0.5, 0.6) is 0 Å². The first-order chi connectivity index (χ1) is 8.61. The summed E-state index contributed by atoms with van der Waals surface area (Å²) in [6.07, 6.45) is 0.634. The van der Waals surface area contributed by atoms with Gasteiger partial charge in [-0.05, 0) is 31.0 Å². The molecule has 1 saturated heterocycles. The second-order valence-electron chi connectivity index (χ2n) is 4.94. The van der Waals surface area contributed by atoms with Crippen molar-refractivity contribution in [2.75, 3.05) is 31.7 Å². The summed E-state index contributed by atoms with van der Waals surface area (Å²) in [5, 5.41) is 10.2. The van der Waals surface area contributed by atoms with Gasteiger partial charge in [0.1, 0.15) is 0 Å². The molecule has 0 spiro atoms. The Balaban J connectivity index is 2.09. The van der Waals surface area contributed by atoms with Gasteiger partial charge in [0.25, 0.3) is 0 Å². The smallest absolute Gasteiger partial charge is 0.0776 e. The average molecular weight is 270 g/mol.